The third-order valence-electron chi connectivity index (χ3n) is 3.05. The monoisotopic (exact) mass is 315 g/mol. The summed E-state index contributed by atoms with van der Waals surface area (Å²) in [6, 6.07) is 5.81. The van der Waals surface area contributed by atoms with Gasteiger partial charge in [-0.05, 0) is 37.6 Å². The average Bonchev–Trinajstić information content (AvgIpc) is 2.74. The highest BCUT2D eigenvalue weighted by atomic mass is 35.5. The molecule has 0 bridgehead atoms. The van der Waals surface area contributed by atoms with Crippen LogP contribution in [0.4, 0.5) is 8.78 Å². The van der Waals surface area contributed by atoms with E-state index in [4.69, 9.17) is 11.6 Å². The Morgan fingerprint density at radius 1 is 1.35 bits per heavy atom. The van der Waals surface area contributed by atoms with Crippen molar-refractivity contribution < 1.29 is 8.78 Å². The minimum atomic E-state index is -0.829. The molecule has 0 fully saturated rings. The minimum absolute atomic E-state index is 0.316. The molecule has 0 saturated heterocycles. The molecule has 108 valence electrons. The summed E-state index contributed by atoms with van der Waals surface area (Å²) in [5, 5.41) is 3.26. The minimum Gasteiger partial charge on any atom is -0.306 e. The molecule has 2 aromatic rings. The summed E-state index contributed by atoms with van der Waals surface area (Å²) in [4.78, 5) is 0.894. The number of hydrogen-bond acceptors (Lipinski definition) is 2. The van der Waals surface area contributed by atoms with Crippen LogP contribution in [0.3, 0.4) is 0 Å². The molecule has 1 aromatic heterocycles. The second kappa shape index (κ2) is 6.66. The first kappa shape index (κ1) is 15.4. The maximum atomic E-state index is 14.0. The van der Waals surface area contributed by atoms with Gasteiger partial charge in [0.25, 0.3) is 0 Å². The second-order valence-electron chi connectivity index (χ2n) is 4.64. The molecule has 0 saturated carbocycles. The van der Waals surface area contributed by atoms with E-state index in [-0.39, 0.29) is 6.04 Å². The number of thiophene rings is 1. The van der Waals surface area contributed by atoms with Crippen LogP contribution in [0, 0.1) is 18.6 Å². The molecule has 1 heterocycles. The lowest BCUT2D eigenvalue weighted by Gasteiger charge is -2.18. The number of benzene rings is 1. The first-order valence-electron chi connectivity index (χ1n) is 6.47. The first-order valence-corrected chi connectivity index (χ1v) is 7.67. The van der Waals surface area contributed by atoms with E-state index in [2.05, 4.69) is 5.32 Å². The summed E-state index contributed by atoms with van der Waals surface area (Å²) >= 11 is 7.49. The van der Waals surface area contributed by atoms with Crippen molar-refractivity contribution in [2.45, 2.75) is 26.3 Å². The van der Waals surface area contributed by atoms with E-state index in [9.17, 15) is 8.78 Å². The van der Waals surface area contributed by atoms with Crippen molar-refractivity contribution in [3.63, 3.8) is 0 Å². The molecule has 2 rings (SSSR count). The molecule has 1 nitrogen and oxygen atoms in total. The third kappa shape index (κ3) is 3.19. The van der Waals surface area contributed by atoms with E-state index in [1.807, 2.05) is 19.9 Å². The third-order valence-corrected chi connectivity index (χ3v) is 4.67. The smallest absolute Gasteiger partial charge is 0.163 e. The van der Waals surface area contributed by atoms with Crippen LogP contribution in [0.1, 0.15) is 35.4 Å². The Labute approximate surface area is 126 Å². The number of halogens is 3. The summed E-state index contributed by atoms with van der Waals surface area (Å²) < 4.78 is 28.1. The quantitative estimate of drug-likeness (QED) is 0.811. The van der Waals surface area contributed by atoms with Crippen LogP contribution in [-0.2, 0) is 0 Å². The van der Waals surface area contributed by atoms with Gasteiger partial charge in [0.05, 0.1) is 10.4 Å². The molecular formula is C15H16ClF2NS. The van der Waals surface area contributed by atoms with Crippen molar-refractivity contribution >= 4 is 22.9 Å². The highest BCUT2D eigenvalue weighted by Gasteiger charge is 2.21. The molecule has 1 unspecified atom stereocenters. The van der Waals surface area contributed by atoms with E-state index in [1.54, 1.807) is 6.07 Å². The van der Waals surface area contributed by atoms with Gasteiger partial charge in [0, 0.05) is 10.4 Å². The Kier molecular flexibility index (Phi) is 5.13. The Morgan fingerprint density at radius 2 is 2.10 bits per heavy atom. The molecule has 0 radical (unpaired) electrons. The summed E-state index contributed by atoms with van der Waals surface area (Å²) in [5.74, 6) is -1.63. The Balaban J connectivity index is 2.44. The molecular weight excluding hydrogens is 300 g/mol. The summed E-state index contributed by atoms with van der Waals surface area (Å²) in [5.41, 5.74) is 1.27. The molecule has 1 atom stereocenters. The second-order valence-corrected chi connectivity index (χ2v) is 6.32. The molecule has 0 aliphatic rings. The molecule has 5 heteroatoms. The predicted octanol–water partition coefficient (Wildman–Crippen LogP) is 5.08. The van der Waals surface area contributed by atoms with Gasteiger partial charge < -0.3 is 5.32 Å². The number of rotatable bonds is 5. The lowest BCUT2D eigenvalue weighted by molar-refractivity contribution is 0.481. The van der Waals surface area contributed by atoms with Crippen molar-refractivity contribution in [1.82, 2.24) is 5.32 Å². The van der Waals surface area contributed by atoms with Gasteiger partial charge in [0.15, 0.2) is 11.6 Å². The lowest BCUT2D eigenvalue weighted by Crippen LogP contribution is -2.23. The van der Waals surface area contributed by atoms with E-state index < -0.39 is 11.6 Å². The van der Waals surface area contributed by atoms with Gasteiger partial charge in [0.1, 0.15) is 0 Å². The molecule has 1 aromatic carbocycles. The van der Waals surface area contributed by atoms with Gasteiger partial charge in [-0.15, -0.1) is 11.3 Å². The standard InChI is InChI=1S/C15H16ClF2NS/c1-3-7-19-14(12-8-9(2)15(16)20-12)10-5-4-6-11(17)13(10)18/h4-6,8,14,19H,3,7H2,1-2H3. The van der Waals surface area contributed by atoms with Crippen molar-refractivity contribution in [3.05, 3.63) is 56.2 Å². The summed E-state index contributed by atoms with van der Waals surface area (Å²) in [6.45, 7) is 4.65. The van der Waals surface area contributed by atoms with E-state index in [0.29, 0.717) is 9.90 Å². The molecule has 0 spiro atoms. The molecule has 0 aliphatic heterocycles. The highest BCUT2D eigenvalue weighted by Crippen LogP contribution is 2.35. The zero-order valence-electron chi connectivity index (χ0n) is 11.3. The van der Waals surface area contributed by atoms with Crippen LogP contribution >= 0.6 is 22.9 Å². The van der Waals surface area contributed by atoms with Gasteiger partial charge in [-0.1, -0.05) is 30.7 Å². The predicted molar refractivity (Wildman–Crippen MR) is 80.6 cm³/mol. The number of nitrogens with one attached hydrogen (secondary N) is 1. The maximum Gasteiger partial charge on any atom is 0.163 e. The van der Waals surface area contributed by atoms with E-state index in [0.717, 1.165) is 29.5 Å². The van der Waals surface area contributed by atoms with Crippen LogP contribution in [0.2, 0.25) is 4.34 Å². The largest absolute Gasteiger partial charge is 0.306 e. The first-order chi connectivity index (χ1) is 9.54. The van der Waals surface area contributed by atoms with Gasteiger partial charge in [-0.2, -0.15) is 0 Å². The van der Waals surface area contributed by atoms with Crippen LogP contribution in [0.5, 0.6) is 0 Å². The van der Waals surface area contributed by atoms with Crippen LogP contribution < -0.4 is 5.32 Å². The van der Waals surface area contributed by atoms with Gasteiger partial charge in [-0.3, -0.25) is 0 Å². The SMILES string of the molecule is CCCNC(c1cc(C)c(Cl)s1)c1cccc(F)c1F. The van der Waals surface area contributed by atoms with Crippen molar-refractivity contribution in [2.75, 3.05) is 6.54 Å². The summed E-state index contributed by atoms with van der Waals surface area (Å²) in [7, 11) is 0. The van der Waals surface area contributed by atoms with E-state index >= 15 is 0 Å². The van der Waals surface area contributed by atoms with Crippen molar-refractivity contribution in [3.8, 4) is 0 Å². The van der Waals surface area contributed by atoms with Crippen LogP contribution in [-0.4, -0.2) is 6.54 Å². The molecule has 0 aliphatic carbocycles. The van der Waals surface area contributed by atoms with Crippen LogP contribution in [0.15, 0.2) is 24.3 Å². The maximum absolute atomic E-state index is 14.0. The normalized spacial score (nSPS) is 12.7. The number of hydrogen-bond donors (Lipinski definition) is 1. The van der Waals surface area contributed by atoms with Gasteiger partial charge in [0.2, 0.25) is 0 Å². The average molecular weight is 316 g/mol. The van der Waals surface area contributed by atoms with Crippen LogP contribution in [0.25, 0.3) is 0 Å². The topological polar surface area (TPSA) is 12.0 Å². The van der Waals surface area contributed by atoms with E-state index in [1.165, 1.54) is 17.4 Å². The van der Waals surface area contributed by atoms with Gasteiger partial charge in [-0.25, -0.2) is 8.78 Å². The molecule has 0 amide bonds. The molecule has 1 N–H and O–H groups in total. The fourth-order valence-corrected chi connectivity index (χ4v) is 3.33. The highest BCUT2D eigenvalue weighted by molar-refractivity contribution is 7.16. The lowest BCUT2D eigenvalue weighted by atomic mass is 10.0. The summed E-state index contributed by atoms with van der Waals surface area (Å²) in [6.07, 6.45) is 0.908. The Bertz CT molecular complexity index is 578. The zero-order valence-corrected chi connectivity index (χ0v) is 12.9. The zero-order chi connectivity index (χ0) is 14.7. The van der Waals surface area contributed by atoms with Crippen molar-refractivity contribution in [1.29, 1.82) is 0 Å². The fourth-order valence-electron chi connectivity index (χ4n) is 2.02. The Morgan fingerprint density at radius 3 is 2.70 bits per heavy atom. The Hall–Kier alpha value is -0.970. The van der Waals surface area contributed by atoms with Gasteiger partial charge >= 0.3 is 0 Å². The fraction of sp³-hybridized carbons (Fsp3) is 0.333. The number of aryl methyl sites for hydroxylation is 1. The van der Waals surface area contributed by atoms with Crippen molar-refractivity contribution in [2.24, 2.45) is 0 Å². The molecule has 20 heavy (non-hydrogen) atoms.